The number of nitrogens with one attached hydrogen (secondary N) is 1. The van der Waals surface area contributed by atoms with E-state index in [1.807, 2.05) is 0 Å². The third kappa shape index (κ3) is 2.66. The average Bonchev–Trinajstić information content (AvgIpc) is 2.42. The van der Waals surface area contributed by atoms with Crippen LogP contribution in [-0.4, -0.2) is 23.1 Å². The molecule has 1 aromatic carbocycles. The van der Waals surface area contributed by atoms with Gasteiger partial charge in [0.1, 0.15) is 5.75 Å². The summed E-state index contributed by atoms with van der Waals surface area (Å²) in [5.41, 5.74) is -0.665. The van der Waals surface area contributed by atoms with E-state index in [-0.39, 0.29) is 22.9 Å². The van der Waals surface area contributed by atoms with E-state index in [0.717, 1.165) is 12.1 Å². The van der Waals surface area contributed by atoms with E-state index in [4.69, 9.17) is 0 Å². The van der Waals surface area contributed by atoms with Gasteiger partial charge in [-0.25, -0.2) is 13.8 Å². The van der Waals surface area contributed by atoms with E-state index in [9.17, 15) is 18.7 Å². The minimum absolute atomic E-state index is 0.277. The van der Waals surface area contributed by atoms with Gasteiger partial charge in [0.2, 0.25) is 0 Å². The Morgan fingerprint density at radius 1 is 1.35 bits per heavy atom. The number of carbonyl (C=O) groups excluding carboxylic acids is 1. The van der Waals surface area contributed by atoms with Crippen LogP contribution in [0.2, 0.25) is 0 Å². The fraction of sp³-hybridized carbons (Fsp3) is 0.0769. The van der Waals surface area contributed by atoms with Crippen LogP contribution in [0.25, 0.3) is 0 Å². The molecule has 0 fully saturated rings. The predicted octanol–water partition coefficient (Wildman–Crippen LogP) is 2.33. The molecular formula is C13H10F2N2O3. The van der Waals surface area contributed by atoms with Gasteiger partial charge in [0.25, 0.3) is 5.91 Å². The van der Waals surface area contributed by atoms with Crippen LogP contribution >= 0.6 is 0 Å². The summed E-state index contributed by atoms with van der Waals surface area (Å²) < 4.78 is 31.7. The van der Waals surface area contributed by atoms with Crippen LogP contribution in [0.3, 0.4) is 0 Å². The van der Waals surface area contributed by atoms with Crippen molar-refractivity contribution in [3.8, 4) is 11.5 Å². The summed E-state index contributed by atoms with van der Waals surface area (Å²) in [7, 11) is 1.20. The van der Waals surface area contributed by atoms with Gasteiger partial charge in [-0.3, -0.25) is 4.79 Å². The fourth-order valence-corrected chi connectivity index (χ4v) is 1.53. The number of nitrogens with zero attached hydrogens (tertiary/aromatic N) is 1. The van der Waals surface area contributed by atoms with Crippen LogP contribution in [0, 0.1) is 11.6 Å². The minimum Gasteiger partial charge on any atom is -0.505 e. The van der Waals surface area contributed by atoms with Crippen LogP contribution in [0.5, 0.6) is 11.5 Å². The van der Waals surface area contributed by atoms with Gasteiger partial charge in [0.05, 0.1) is 12.8 Å². The van der Waals surface area contributed by atoms with Crippen LogP contribution in [0.1, 0.15) is 10.5 Å². The molecule has 7 heteroatoms. The van der Waals surface area contributed by atoms with Gasteiger partial charge in [0, 0.05) is 18.3 Å². The fourth-order valence-electron chi connectivity index (χ4n) is 1.53. The average molecular weight is 280 g/mol. The monoisotopic (exact) mass is 280 g/mol. The van der Waals surface area contributed by atoms with Crippen molar-refractivity contribution in [3.63, 3.8) is 0 Å². The molecule has 5 nitrogen and oxygen atoms in total. The number of aromatic hydroxyl groups is 1. The van der Waals surface area contributed by atoms with Crippen molar-refractivity contribution < 1.29 is 23.4 Å². The summed E-state index contributed by atoms with van der Waals surface area (Å²) in [6.07, 6.45) is 1.29. The van der Waals surface area contributed by atoms with Crippen molar-refractivity contribution in [1.82, 2.24) is 4.98 Å². The normalized spacial score (nSPS) is 10.2. The minimum atomic E-state index is -0.868. The van der Waals surface area contributed by atoms with Crippen molar-refractivity contribution in [2.75, 3.05) is 12.4 Å². The molecule has 20 heavy (non-hydrogen) atoms. The third-order valence-corrected chi connectivity index (χ3v) is 2.49. The summed E-state index contributed by atoms with van der Waals surface area (Å²) in [6, 6.07) is 4.28. The highest BCUT2D eigenvalue weighted by molar-refractivity contribution is 6.04. The lowest BCUT2D eigenvalue weighted by molar-refractivity contribution is 0.101. The van der Waals surface area contributed by atoms with Gasteiger partial charge in [0.15, 0.2) is 23.1 Å². The molecule has 1 amide bonds. The first-order valence-corrected chi connectivity index (χ1v) is 5.51. The number of carbonyl (C=O) groups is 1. The number of halogens is 2. The summed E-state index contributed by atoms with van der Waals surface area (Å²) in [6.45, 7) is 0. The van der Waals surface area contributed by atoms with E-state index in [1.54, 1.807) is 0 Å². The molecule has 0 spiro atoms. The Morgan fingerprint density at radius 3 is 2.75 bits per heavy atom. The quantitative estimate of drug-likeness (QED) is 0.905. The molecule has 0 bridgehead atoms. The first kappa shape index (κ1) is 13.7. The SMILES string of the molecule is COc1cc(F)c(NC(=O)c2ncccc2O)cc1F. The van der Waals surface area contributed by atoms with Crippen molar-refractivity contribution in [1.29, 1.82) is 0 Å². The van der Waals surface area contributed by atoms with Crippen LogP contribution in [0.15, 0.2) is 30.5 Å². The maximum absolute atomic E-state index is 13.6. The maximum atomic E-state index is 13.6. The molecular weight excluding hydrogens is 270 g/mol. The molecule has 0 saturated carbocycles. The zero-order chi connectivity index (χ0) is 14.7. The van der Waals surface area contributed by atoms with Gasteiger partial charge in [-0.1, -0.05) is 0 Å². The summed E-state index contributed by atoms with van der Waals surface area (Å²) in [4.78, 5) is 15.5. The second-order valence-corrected chi connectivity index (χ2v) is 3.79. The topological polar surface area (TPSA) is 71.5 Å². The van der Waals surface area contributed by atoms with Crippen molar-refractivity contribution in [3.05, 3.63) is 47.8 Å². The molecule has 0 aliphatic carbocycles. The first-order valence-electron chi connectivity index (χ1n) is 5.51. The number of methoxy groups -OCH3 is 1. The molecule has 2 aromatic rings. The molecule has 2 rings (SSSR count). The summed E-state index contributed by atoms with van der Waals surface area (Å²) in [5, 5.41) is 11.6. The highest BCUT2D eigenvalue weighted by Crippen LogP contribution is 2.25. The number of amides is 1. The van der Waals surface area contributed by atoms with E-state index in [1.165, 1.54) is 25.4 Å². The molecule has 1 heterocycles. The Morgan fingerprint density at radius 2 is 2.10 bits per heavy atom. The van der Waals surface area contributed by atoms with Crippen LogP contribution in [0.4, 0.5) is 14.5 Å². The van der Waals surface area contributed by atoms with Crippen LogP contribution < -0.4 is 10.1 Å². The Bertz CT molecular complexity index is 662. The molecule has 0 aliphatic rings. The smallest absolute Gasteiger partial charge is 0.278 e. The van der Waals surface area contributed by atoms with Gasteiger partial charge >= 0.3 is 0 Å². The largest absolute Gasteiger partial charge is 0.505 e. The second-order valence-electron chi connectivity index (χ2n) is 3.79. The lowest BCUT2D eigenvalue weighted by Crippen LogP contribution is -2.15. The van der Waals surface area contributed by atoms with E-state index in [2.05, 4.69) is 15.0 Å². The predicted molar refractivity (Wildman–Crippen MR) is 66.8 cm³/mol. The molecule has 0 saturated heterocycles. The van der Waals surface area contributed by atoms with Crippen LogP contribution in [-0.2, 0) is 0 Å². The summed E-state index contributed by atoms with van der Waals surface area (Å²) >= 11 is 0. The number of aromatic nitrogens is 1. The zero-order valence-electron chi connectivity index (χ0n) is 10.4. The zero-order valence-corrected chi connectivity index (χ0v) is 10.4. The number of hydrogen-bond donors (Lipinski definition) is 2. The molecule has 0 atom stereocenters. The lowest BCUT2D eigenvalue weighted by atomic mass is 10.2. The number of anilines is 1. The molecule has 0 unspecified atom stereocenters. The van der Waals surface area contributed by atoms with Gasteiger partial charge in [-0.05, 0) is 12.1 Å². The molecule has 2 N–H and O–H groups in total. The number of benzene rings is 1. The lowest BCUT2D eigenvalue weighted by Gasteiger charge is -2.09. The number of rotatable bonds is 3. The van der Waals surface area contributed by atoms with E-state index in [0.29, 0.717) is 0 Å². The number of hydrogen-bond acceptors (Lipinski definition) is 4. The molecule has 0 aliphatic heterocycles. The third-order valence-electron chi connectivity index (χ3n) is 2.49. The van der Waals surface area contributed by atoms with Crippen molar-refractivity contribution in [2.24, 2.45) is 0 Å². The van der Waals surface area contributed by atoms with Gasteiger partial charge in [-0.15, -0.1) is 0 Å². The standard InChI is InChI=1S/C13H10F2N2O3/c1-20-11-6-7(14)9(5-8(11)15)17-13(19)12-10(18)3-2-4-16-12/h2-6,18H,1H3,(H,17,19). The van der Waals surface area contributed by atoms with Gasteiger partial charge in [-0.2, -0.15) is 0 Å². The van der Waals surface area contributed by atoms with Crippen molar-refractivity contribution >= 4 is 11.6 Å². The van der Waals surface area contributed by atoms with E-state index < -0.39 is 17.5 Å². The van der Waals surface area contributed by atoms with Gasteiger partial charge < -0.3 is 15.2 Å². The number of pyridine rings is 1. The Labute approximate surface area is 112 Å². The highest BCUT2D eigenvalue weighted by atomic mass is 19.1. The maximum Gasteiger partial charge on any atom is 0.278 e. The Kier molecular flexibility index (Phi) is 3.79. The molecule has 0 radical (unpaired) electrons. The second kappa shape index (κ2) is 5.52. The highest BCUT2D eigenvalue weighted by Gasteiger charge is 2.16. The molecule has 104 valence electrons. The Hall–Kier alpha value is -2.70. The molecule has 1 aromatic heterocycles. The first-order chi connectivity index (χ1) is 9.52. The number of ether oxygens (including phenoxy) is 1. The summed E-state index contributed by atoms with van der Waals surface area (Å²) in [5.74, 6) is -3.19. The van der Waals surface area contributed by atoms with Crippen molar-refractivity contribution in [2.45, 2.75) is 0 Å². The van der Waals surface area contributed by atoms with E-state index >= 15 is 0 Å². The Balaban J connectivity index is 2.29.